The third-order valence-corrected chi connectivity index (χ3v) is 5.58. The number of sulfone groups is 1. The Morgan fingerprint density at radius 2 is 2.00 bits per heavy atom. The van der Waals surface area contributed by atoms with Gasteiger partial charge in [0, 0.05) is 0 Å². The van der Waals surface area contributed by atoms with E-state index in [1.165, 1.54) is 5.56 Å². The van der Waals surface area contributed by atoms with E-state index in [0.717, 1.165) is 12.0 Å². The molecule has 0 saturated carbocycles. The van der Waals surface area contributed by atoms with Gasteiger partial charge in [-0.05, 0) is 25.3 Å². The molecule has 2 rings (SSSR count). The molecule has 0 spiro atoms. The number of hydrogen-bond acceptors (Lipinski definition) is 3. The van der Waals surface area contributed by atoms with Crippen LogP contribution in [0.4, 0.5) is 0 Å². The summed E-state index contributed by atoms with van der Waals surface area (Å²) in [6.45, 7) is 4.03. The summed E-state index contributed by atoms with van der Waals surface area (Å²) in [6, 6.07) is 8.00. The van der Waals surface area contributed by atoms with E-state index in [1.807, 2.05) is 38.1 Å². The van der Waals surface area contributed by atoms with E-state index >= 15 is 0 Å². The average molecular weight is 295 g/mol. The molecule has 1 aliphatic heterocycles. The van der Waals surface area contributed by atoms with Gasteiger partial charge in [0.25, 0.3) is 0 Å². The SMILES string of the molecule is CC[C@H](NC(=O)[C@H]1CCS(=O)(=O)C1)c1ccc(C)cc1. The van der Waals surface area contributed by atoms with Crippen molar-refractivity contribution in [1.29, 1.82) is 0 Å². The maximum atomic E-state index is 12.2. The van der Waals surface area contributed by atoms with E-state index in [0.29, 0.717) is 6.42 Å². The molecule has 1 fully saturated rings. The Morgan fingerprint density at radius 1 is 1.35 bits per heavy atom. The normalized spacial score (nSPS) is 22.4. The summed E-state index contributed by atoms with van der Waals surface area (Å²) in [7, 11) is -3.01. The van der Waals surface area contributed by atoms with Crippen LogP contribution in [0.1, 0.15) is 36.9 Å². The summed E-state index contributed by atoms with van der Waals surface area (Å²) >= 11 is 0. The Bertz CT molecular complexity index is 578. The molecule has 1 amide bonds. The highest BCUT2D eigenvalue weighted by Crippen LogP contribution is 2.22. The minimum atomic E-state index is -3.01. The Balaban J connectivity index is 2.03. The molecule has 2 atom stereocenters. The highest BCUT2D eigenvalue weighted by atomic mass is 32.2. The number of carbonyl (C=O) groups is 1. The van der Waals surface area contributed by atoms with Crippen molar-refractivity contribution in [2.45, 2.75) is 32.7 Å². The van der Waals surface area contributed by atoms with Gasteiger partial charge in [-0.3, -0.25) is 4.79 Å². The van der Waals surface area contributed by atoms with Crippen molar-refractivity contribution in [2.24, 2.45) is 5.92 Å². The fourth-order valence-corrected chi connectivity index (χ4v) is 4.25. The third kappa shape index (κ3) is 3.60. The van der Waals surface area contributed by atoms with Crippen LogP contribution in [-0.2, 0) is 14.6 Å². The van der Waals surface area contributed by atoms with Crippen molar-refractivity contribution in [3.63, 3.8) is 0 Å². The van der Waals surface area contributed by atoms with Crippen molar-refractivity contribution in [3.05, 3.63) is 35.4 Å². The molecule has 1 saturated heterocycles. The molecule has 5 heteroatoms. The molecule has 4 nitrogen and oxygen atoms in total. The predicted molar refractivity (Wildman–Crippen MR) is 79.1 cm³/mol. The largest absolute Gasteiger partial charge is 0.349 e. The summed E-state index contributed by atoms with van der Waals surface area (Å²) in [5.74, 6) is -0.409. The topological polar surface area (TPSA) is 63.2 Å². The molecule has 0 bridgehead atoms. The first-order chi connectivity index (χ1) is 9.41. The second kappa shape index (κ2) is 5.95. The van der Waals surface area contributed by atoms with Crippen LogP contribution >= 0.6 is 0 Å². The number of carbonyl (C=O) groups excluding carboxylic acids is 1. The average Bonchev–Trinajstić information content (AvgIpc) is 2.77. The minimum absolute atomic E-state index is 0.0107. The molecule has 1 aromatic rings. The monoisotopic (exact) mass is 295 g/mol. The van der Waals surface area contributed by atoms with Crippen LogP contribution < -0.4 is 5.32 Å². The van der Waals surface area contributed by atoms with Gasteiger partial charge < -0.3 is 5.32 Å². The first-order valence-corrected chi connectivity index (χ1v) is 8.81. The van der Waals surface area contributed by atoms with Gasteiger partial charge in [-0.1, -0.05) is 36.8 Å². The number of hydrogen-bond donors (Lipinski definition) is 1. The Hall–Kier alpha value is -1.36. The maximum absolute atomic E-state index is 12.2. The molecular formula is C15H21NO3S. The van der Waals surface area contributed by atoms with Crippen molar-refractivity contribution < 1.29 is 13.2 Å². The van der Waals surface area contributed by atoms with Gasteiger partial charge in [0.05, 0.1) is 23.5 Å². The summed E-state index contributed by atoms with van der Waals surface area (Å²) in [5.41, 5.74) is 2.24. The van der Waals surface area contributed by atoms with E-state index < -0.39 is 9.84 Å². The van der Waals surface area contributed by atoms with E-state index in [4.69, 9.17) is 0 Å². The molecule has 1 N–H and O–H groups in total. The fraction of sp³-hybridized carbons (Fsp3) is 0.533. The Kier molecular flexibility index (Phi) is 4.48. The lowest BCUT2D eigenvalue weighted by Crippen LogP contribution is -2.34. The molecule has 110 valence electrons. The van der Waals surface area contributed by atoms with Gasteiger partial charge in [0.1, 0.15) is 0 Å². The van der Waals surface area contributed by atoms with Crippen LogP contribution in [0.3, 0.4) is 0 Å². The molecule has 0 unspecified atom stereocenters. The number of amides is 1. The Labute approximate surface area is 120 Å². The maximum Gasteiger partial charge on any atom is 0.224 e. The predicted octanol–water partition coefficient (Wildman–Crippen LogP) is 2.00. The van der Waals surface area contributed by atoms with Gasteiger partial charge in [-0.15, -0.1) is 0 Å². The van der Waals surface area contributed by atoms with Crippen LogP contribution in [0.5, 0.6) is 0 Å². The van der Waals surface area contributed by atoms with E-state index in [-0.39, 0.29) is 29.4 Å². The highest BCUT2D eigenvalue weighted by molar-refractivity contribution is 7.91. The zero-order valence-corrected chi connectivity index (χ0v) is 12.7. The molecular weight excluding hydrogens is 274 g/mol. The molecule has 0 aliphatic carbocycles. The van der Waals surface area contributed by atoms with E-state index in [1.54, 1.807) is 0 Å². The smallest absolute Gasteiger partial charge is 0.224 e. The second-order valence-corrected chi connectivity index (χ2v) is 7.71. The van der Waals surface area contributed by atoms with Crippen molar-refractivity contribution >= 4 is 15.7 Å². The number of rotatable bonds is 4. The van der Waals surface area contributed by atoms with Gasteiger partial charge in [-0.2, -0.15) is 0 Å². The van der Waals surface area contributed by atoms with Crippen LogP contribution in [0.25, 0.3) is 0 Å². The van der Waals surface area contributed by atoms with E-state index in [2.05, 4.69) is 5.32 Å². The molecule has 0 radical (unpaired) electrons. The molecule has 1 heterocycles. The fourth-order valence-electron chi connectivity index (χ4n) is 2.51. The summed E-state index contributed by atoms with van der Waals surface area (Å²) in [6.07, 6.45) is 1.23. The van der Waals surface area contributed by atoms with Crippen LogP contribution in [-0.4, -0.2) is 25.8 Å². The third-order valence-electron chi connectivity index (χ3n) is 3.81. The van der Waals surface area contributed by atoms with Crippen LogP contribution in [0, 0.1) is 12.8 Å². The van der Waals surface area contributed by atoms with Gasteiger partial charge >= 0.3 is 0 Å². The Morgan fingerprint density at radius 3 is 2.50 bits per heavy atom. The number of aryl methyl sites for hydroxylation is 1. The molecule has 0 aromatic heterocycles. The van der Waals surface area contributed by atoms with Gasteiger partial charge in [0.2, 0.25) is 5.91 Å². The number of benzene rings is 1. The summed E-state index contributed by atoms with van der Waals surface area (Å²) < 4.78 is 22.9. The van der Waals surface area contributed by atoms with Crippen molar-refractivity contribution in [2.75, 3.05) is 11.5 Å². The lowest BCUT2D eigenvalue weighted by Gasteiger charge is -2.19. The molecule has 1 aliphatic rings. The van der Waals surface area contributed by atoms with Gasteiger partial charge in [-0.25, -0.2) is 8.42 Å². The molecule has 20 heavy (non-hydrogen) atoms. The second-order valence-electron chi connectivity index (χ2n) is 5.48. The summed E-state index contributed by atoms with van der Waals surface area (Å²) in [4.78, 5) is 12.2. The van der Waals surface area contributed by atoms with Crippen LogP contribution in [0.2, 0.25) is 0 Å². The zero-order valence-electron chi connectivity index (χ0n) is 11.9. The van der Waals surface area contributed by atoms with Gasteiger partial charge in [0.15, 0.2) is 9.84 Å². The van der Waals surface area contributed by atoms with Crippen molar-refractivity contribution in [3.8, 4) is 0 Å². The van der Waals surface area contributed by atoms with Crippen LogP contribution in [0.15, 0.2) is 24.3 Å². The number of nitrogens with one attached hydrogen (secondary N) is 1. The quantitative estimate of drug-likeness (QED) is 0.924. The minimum Gasteiger partial charge on any atom is -0.349 e. The zero-order chi connectivity index (χ0) is 14.8. The van der Waals surface area contributed by atoms with Crippen molar-refractivity contribution in [1.82, 2.24) is 5.32 Å². The first-order valence-electron chi connectivity index (χ1n) is 6.98. The highest BCUT2D eigenvalue weighted by Gasteiger charge is 2.33. The molecule has 1 aromatic carbocycles. The van der Waals surface area contributed by atoms with E-state index in [9.17, 15) is 13.2 Å². The lowest BCUT2D eigenvalue weighted by molar-refractivity contribution is -0.125. The first kappa shape index (κ1) is 15.0. The standard InChI is InChI=1S/C15H21NO3S/c1-3-14(12-6-4-11(2)5-7-12)16-15(17)13-8-9-20(18,19)10-13/h4-7,13-14H,3,8-10H2,1-2H3,(H,16,17)/t13-,14-/m0/s1. The summed E-state index contributed by atoms with van der Waals surface area (Å²) in [5, 5.41) is 2.98. The lowest BCUT2D eigenvalue weighted by atomic mass is 10.0.